The second-order valence-electron chi connectivity index (χ2n) is 8.55. The van der Waals surface area contributed by atoms with E-state index in [-0.39, 0.29) is 29.3 Å². The molecule has 0 bridgehead atoms. The molecule has 0 spiro atoms. The van der Waals surface area contributed by atoms with Crippen LogP contribution in [0.25, 0.3) is 0 Å². The SMILES string of the molecule is COc1cc(O[C@H]2CCOC2)ccc1Nc1ncc(C(F)(F)F)c(Oc2cccc3c2C(=O)N(C)C3)n1. The van der Waals surface area contributed by atoms with Crippen molar-refractivity contribution in [3.05, 3.63) is 59.3 Å². The van der Waals surface area contributed by atoms with Crippen LogP contribution < -0.4 is 19.5 Å². The van der Waals surface area contributed by atoms with Crippen LogP contribution in [-0.4, -0.2) is 54.3 Å². The van der Waals surface area contributed by atoms with Crippen molar-refractivity contribution in [2.75, 3.05) is 32.7 Å². The zero-order valence-corrected chi connectivity index (χ0v) is 20.0. The highest BCUT2D eigenvalue weighted by Gasteiger charge is 2.37. The molecule has 0 saturated carbocycles. The molecule has 1 amide bonds. The van der Waals surface area contributed by atoms with Crippen molar-refractivity contribution in [3.63, 3.8) is 0 Å². The summed E-state index contributed by atoms with van der Waals surface area (Å²) in [7, 11) is 3.06. The summed E-state index contributed by atoms with van der Waals surface area (Å²) < 4.78 is 63.5. The average molecular weight is 516 g/mol. The van der Waals surface area contributed by atoms with Crippen molar-refractivity contribution >= 4 is 17.5 Å². The average Bonchev–Trinajstić information content (AvgIpc) is 3.47. The van der Waals surface area contributed by atoms with Gasteiger partial charge in [-0.15, -0.1) is 0 Å². The lowest BCUT2D eigenvalue weighted by Crippen LogP contribution is -2.18. The number of ether oxygens (including phenoxy) is 4. The lowest BCUT2D eigenvalue weighted by Gasteiger charge is -2.17. The largest absolute Gasteiger partial charge is 0.494 e. The molecule has 2 aliphatic rings. The number of amides is 1. The van der Waals surface area contributed by atoms with Gasteiger partial charge in [0, 0.05) is 32.3 Å². The van der Waals surface area contributed by atoms with Crippen LogP contribution in [0.1, 0.15) is 27.9 Å². The molecule has 0 aliphatic carbocycles. The summed E-state index contributed by atoms with van der Waals surface area (Å²) in [4.78, 5) is 21.8. The number of methoxy groups -OCH3 is 1. The van der Waals surface area contributed by atoms with Crippen molar-refractivity contribution in [2.45, 2.75) is 25.2 Å². The van der Waals surface area contributed by atoms with Gasteiger partial charge in [0.15, 0.2) is 0 Å². The van der Waals surface area contributed by atoms with Crippen molar-refractivity contribution in [3.8, 4) is 23.1 Å². The number of fused-ring (bicyclic) bond motifs is 1. The fraction of sp³-hybridized carbons (Fsp3) is 0.320. The van der Waals surface area contributed by atoms with Crippen LogP contribution in [0.3, 0.4) is 0 Å². The zero-order chi connectivity index (χ0) is 26.2. The predicted molar refractivity (Wildman–Crippen MR) is 125 cm³/mol. The Morgan fingerprint density at radius 3 is 2.76 bits per heavy atom. The lowest BCUT2D eigenvalue weighted by atomic mass is 10.1. The van der Waals surface area contributed by atoms with E-state index in [0.29, 0.717) is 48.7 Å². The predicted octanol–water partition coefficient (Wildman–Crippen LogP) is 4.79. The van der Waals surface area contributed by atoms with Crippen LogP contribution in [0, 0.1) is 0 Å². The molecular formula is C25H23F3N4O5. The topological polar surface area (TPSA) is 95.0 Å². The minimum atomic E-state index is -4.78. The molecule has 1 fully saturated rings. The van der Waals surface area contributed by atoms with Gasteiger partial charge in [-0.05, 0) is 23.8 Å². The van der Waals surface area contributed by atoms with Crippen molar-refractivity contribution < 1.29 is 36.9 Å². The number of benzene rings is 2. The number of hydrogen-bond acceptors (Lipinski definition) is 8. The van der Waals surface area contributed by atoms with E-state index in [4.69, 9.17) is 18.9 Å². The summed E-state index contributed by atoms with van der Waals surface area (Å²) in [6.07, 6.45) is -3.44. The molecule has 1 atom stereocenters. The summed E-state index contributed by atoms with van der Waals surface area (Å²) >= 11 is 0. The van der Waals surface area contributed by atoms with Crippen LogP contribution in [0.15, 0.2) is 42.6 Å². The highest BCUT2D eigenvalue weighted by Crippen LogP contribution is 2.40. The smallest absolute Gasteiger partial charge is 0.423 e. The molecule has 9 nitrogen and oxygen atoms in total. The molecule has 37 heavy (non-hydrogen) atoms. The summed E-state index contributed by atoms with van der Waals surface area (Å²) in [6, 6.07) is 9.76. The fourth-order valence-electron chi connectivity index (χ4n) is 4.12. The van der Waals surface area contributed by atoms with Crippen molar-refractivity contribution in [1.82, 2.24) is 14.9 Å². The third-order valence-electron chi connectivity index (χ3n) is 5.96. The minimum Gasteiger partial charge on any atom is -0.494 e. The molecule has 5 rings (SSSR count). The quantitative estimate of drug-likeness (QED) is 0.479. The first-order valence-electron chi connectivity index (χ1n) is 11.4. The number of nitrogens with one attached hydrogen (secondary N) is 1. The summed E-state index contributed by atoms with van der Waals surface area (Å²) in [5.41, 5.74) is 0.0860. The highest BCUT2D eigenvalue weighted by molar-refractivity contribution is 6.00. The number of aromatic nitrogens is 2. The Hall–Kier alpha value is -4.06. The maximum Gasteiger partial charge on any atom is 0.423 e. The first-order chi connectivity index (χ1) is 17.7. The molecule has 2 aliphatic heterocycles. The number of anilines is 2. The van der Waals surface area contributed by atoms with Crippen LogP contribution >= 0.6 is 0 Å². The van der Waals surface area contributed by atoms with Gasteiger partial charge in [-0.2, -0.15) is 18.2 Å². The number of rotatable bonds is 7. The monoisotopic (exact) mass is 516 g/mol. The third-order valence-corrected chi connectivity index (χ3v) is 5.96. The van der Waals surface area contributed by atoms with Crippen molar-refractivity contribution in [1.29, 1.82) is 0 Å². The molecule has 12 heteroatoms. The molecule has 1 aromatic heterocycles. The Morgan fingerprint density at radius 2 is 2.03 bits per heavy atom. The zero-order valence-electron chi connectivity index (χ0n) is 20.0. The van der Waals surface area contributed by atoms with E-state index in [0.717, 1.165) is 6.42 Å². The Balaban J connectivity index is 1.44. The Kier molecular flexibility index (Phi) is 6.50. The van der Waals surface area contributed by atoms with E-state index in [2.05, 4.69) is 15.3 Å². The van der Waals surface area contributed by atoms with E-state index in [9.17, 15) is 18.0 Å². The molecule has 3 heterocycles. The third kappa shape index (κ3) is 5.10. The highest BCUT2D eigenvalue weighted by atomic mass is 19.4. The maximum absolute atomic E-state index is 13.8. The normalized spacial score (nSPS) is 17.1. The first kappa shape index (κ1) is 24.6. The number of hydrogen-bond donors (Lipinski definition) is 1. The van der Waals surface area contributed by atoms with Gasteiger partial charge in [0.2, 0.25) is 11.8 Å². The molecule has 3 aromatic rings. The van der Waals surface area contributed by atoms with E-state index < -0.39 is 17.6 Å². The van der Waals surface area contributed by atoms with E-state index in [1.165, 1.54) is 18.1 Å². The Labute approximate surface area is 210 Å². The van der Waals surface area contributed by atoms with Crippen LogP contribution in [-0.2, 0) is 17.5 Å². The number of carbonyl (C=O) groups is 1. The number of nitrogens with zero attached hydrogens (tertiary/aromatic N) is 3. The van der Waals surface area contributed by atoms with Crippen molar-refractivity contribution in [2.24, 2.45) is 0 Å². The molecule has 0 radical (unpaired) electrons. The molecule has 1 saturated heterocycles. The van der Waals surface area contributed by atoms with E-state index in [1.54, 1.807) is 37.4 Å². The van der Waals surface area contributed by atoms with Gasteiger partial charge in [0.25, 0.3) is 5.91 Å². The van der Waals surface area contributed by atoms with E-state index in [1.807, 2.05) is 0 Å². The van der Waals surface area contributed by atoms with Gasteiger partial charge < -0.3 is 29.2 Å². The number of alkyl halides is 3. The van der Waals surface area contributed by atoms with Gasteiger partial charge in [-0.1, -0.05) is 12.1 Å². The summed E-state index contributed by atoms with van der Waals surface area (Å²) in [6.45, 7) is 1.46. The molecule has 194 valence electrons. The summed E-state index contributed by atoms with van der Waals surface area (Å²) in [5, 5.41) is 2.87. The number of carbonyl (C=O) groups excluding carboxylic acids is 1. The molecule has 1 N–H and O–H groups in total. The summed E-state index contributed by atoms with van der Waals surface area (Å²) in [5.74, 6) is -0.324. The molecule has 0 unspecified atom stereocenters. The van der Waals surface area contributed by atoms with Crippen LogP contribution in [0.4, 0.5) is 24.8 Å². The second-order valence-corrected chi connectivity index (χ2v) is 8.55. The fourth-order valence-corrected chi connectivity index (χ4v) is 4.12. The standard InChI is InChI=1S/C25H23F3N4O5/c1-32-12-14-4-3-5-19(21(14)23(32)33)37-22-17(25(26,27)28)11-29-24(31-22)30-18-7-6-15(10-20(18)34-2)36-16-8-9-35-13-16/h3-7,10-11,16H,8-9,12-13H2,1-2H3,(H,29,30,31)/t16-/m0/s1. The van der Waals surface area contributed by atoms with E-state index >= 15 is 0 Å². The maximum atomic E-state index is 13.8. The van der Waals surface area contributed by atoms with Gasteiger partial charge >= 0.3 is 6.18 Å². The Bertz CT molecular complexity index is 1330. The van der Waals surface area contributed by atoms with Gasteiger partial charge in [0.05, 0.1) is 31.6 Å². The van der Waals surface area contributed by atoms with Gasteiger partial charge in [-0.3, -0.25) is 4.79 Å². The van der Waals surface area contributed by atoms with Crippen LogP contribution in [0.2, 0.25) is 0 Å². The second kappa shape index (κ2) is 9.77. The lowest BCUT2D eigenvalue weighted by molar-refractivity contribution is -0.139. The number of halogens is 3. The minimum absolute atomic E-state index is 0.0167. The molecule has 2 aromatic carbocycles. The van der Waals surface area contributed by atoms with Gasteiger partial charge in [0.1, 0.15) is 28.9 Å². The van der Waals surface area contributed by atoms with Crippen LogP contribution in [0.5, 0.6) is 23.1 Å². The van der Waals surface area contributed by atoms with Gasteiger partial charge in [-0.25, -0.2) is 4.98 Å². The first-order valence-corrected chi connectivity index (χ1v) is 11.4. The molecular weight excluding hydrogens is 493 g/mol. The Morgan fingerprint density at radius 1 is 1.19 bits per heavy atom.